The first kappa shape index (κ1) is 8.94. The van der Waals surface area contributed by atoms with Gasteiger partial charge in [-0.2, -0.15) is 0 Å². The van der Waals surface area contributed by atoms with E-state index in [-0.39, 0.29) is 6.04 Å². The molecule has 1 aromatic rings. The summed E-state index contributed by atoms with van der Waals surface area (Å²) in [5.74, 6) is 0. The van der Waals surface area contributed by atoms with Crippen LogP contribution in [-0.4, -0.2) is 4.98 Å². The quantitative estimate of drug-likeness (QED) is 0.739. The zero-order chi connectivity index (χ0) is 8.97. The molecular weight excluding hydrogens is 148 g/mol. The van der Waals surface area contributed by atoms with Gasteiger partial charge < -0.3 is 5.73 Å². The summed E-state index contributed by atoms with van der Waals surface area (Å²) < 4.78 is 0. The second-order valence-corrected chi connectivity index (χ2v) is 2.73. The lowest BCUT2D eigenvalue weighted by Crippen LogP contribution is -2.08. The van der Waals surface area contributed by atoms with Crippen LogP contribution < -0.4 is 5.73 Å². The molecule has 0 fully saturated rings. The molecule has 0 aromatic carbocycles. The van der Waals surface area contributed by atoms with E-state index in [0.29, 0.717) is 0 Å². The summed E-state index contributed by atoms with van der Waals surface area (Å²) in [7, 11) is 0. The summed E-state index contributed by atoms with van der Waals surface area (Å²) >= 11 is 0. The van der Waals surface area contributed by atoms with Crippen LogP contribution in [0.4, 0.5) is 0 Å². The number of rotatable bonds is 3. The fraction of sp³-hybridized carbons (Fsp3) is 0.300. The lowest BCUT2D eigenvalue weighted by Gasteiger charge is -2.08. The minimum absolute atomic E-state index is 0.117. The number of aromatic nitrogens is 1. The van der Waals surface area contributed by atoms with E-state index in [9.17, 15) is 0 Å². The summed E-state index contributed by atoms with van der Waals surface area (Å²) in [5, 5.41) is 0. The number of nitrogens with zero attached hydrogens (tertiary/aromatic N) is 1. The van der Waals surface area contributed by atoms with Crippen molar-refractivity contribution >= 4 is 6.08 Å². The third-order valence-corrected chi connectivity index (χ3v) is 1.88. The van der Waals surface area contributed by atoms with Gasteiger partial charge in [0.1, 0.15) is 0 Å². The Balaban J connectivity index is 2.93. The Bertz CT molecular complexity index is 268. The van der Waals surface area contributed by atoms with E-state index in [0.717, 1.165) is 17.7 Å². The molecule has 1 atom stereocenters. The van der Waals surface area contributed by atoms with Crippen LogP contribution in [0.3, 0.4) is 0 Å². The highest BCUT2D eigenvalue weighted by Gasteiger charge is 2.02. The molecule has 12 heavy (non-hydrogen) atoms. The maximum atomic E-state index is 5.86. The predicted octanol–water partition coefficient (Wildman–Crippen LogP) is 2.13. The largest absolute Gasteiger partial charge is 0.324 e. The Labute approximate surface area is 73.1 Å². The first-order chi connectivity index (χ1) is 5.77. The van der Waals surface area contributed by atoms with Crippen LogP contribution in [0.15, 0.2) is 24.9 Å². The molecule has 1 rings (SSSR count). The minimum Gasteiger partial charge on any atom is -0.324 e. The van der Waals surface area contributed by atoms with Gasteiger partial charge in [0.2, 0.25) is 0 Å². The number of hydrogen-bond acceptors (Lipinski definition) is 2. The van der Waals surface area contributed by atoms with Gasteiger partial charge in [0.05, 0.1) is 5.69 Å². The van der Waals surface area contributed by atoms with E-state index in [1.54, 1.807) is 12.3 Å². The summed E-state index contributed by atoms with van der Waals surface area (Å²) in [6.45, 7) is 5.72. The van der Waals surface area contributed by atoms with Crippen LogP contribution in [-0.2, 0) is 0 Å². The van der Waals surface area contributed by atoms with Gasteiger partial charge in [0.25, 0.3) is 0 Å². The van der Waals surface area contributed by atoms with Crippen molar-refractivity contribution in [2.24, 2.45) is 5.73 Å². The summed E-state index contributed by atoms with van der Waals surface area (Å²) in [6, 6.07) is 4.04. The highest BCUT2D eigenvalue weighted by molar-refractivity contribution is 5.42. The van der Waals surface area contributed by atoms with Gasteiger partial charge in [-0.05, 0) is 30.2 Å². The Kier molecular flexibility index (Phi) is 3.00. The van der Waals surface area contributed by atoms with Crippen LogP contribution in [0.25, 0.3) is 6.08 Å². The monoisotopic (exact) mass is 162 g/mol. The van der Waals surface area contributed by atoms with Gasteiger partial charge in [-0.15, -0.1) is 0 Å². The Hall–Kier alpha value is -1.15. The first-order valence-corrected chi connectivity index (χ1v) is 4.12. The lowest BCUT2D eigenvalue weighted by molar-refractivity contribution is 0.697. The molecule has 64 valence electrons. The second kappa shape index (κ2) is 4.02. The third-order valence-electron chi connectivity index (χ3n) is 1.88. The fourth-order valence-corrected chi connectivity index (χ4v) is 1.04. The Morgan fingerprint density at radius 3 is 3.08 bits per heavy atom. The van der Waals surface area contributed by atoms with Crippen molar-refractivity contribution in [3.8, 4) is 0 Å². The van der Waals surface area contributed by atoms with Gasteiger partial charge >= 0.3 is 0 Å². The summed E-state index contributed by atoms with van der Waals surface area (Å²) in [6.07, 6.45) is 4.44. The van der Waals surface area contributed by atoms with Crippen molar-refractivity contribution in [3.63, 3.8) is 0 Å². The molecule has 0 aliphatic rings. The van der Waals surface area contributed by atoms with Crippen molar-refractivity contribution in [1.29, 1.82) is 0 Å². The van der Waals surface area contributed by atoms with Crippen LogP contribution in [0.1, 0.15) is 30.6 Å². The van der Waals surface area contributed by atoms with Crippen molar-refractivity contribution in [2.75, 3.05) is 0 Å². The topological polar surface area (TPSA) is 38.9 Å². The van der Waals surface area contributed by atoms with Gasteiger partial charge in [-0.25, -0.2) is 0 Å². The molecule has 2 nitrogen and oxygen atoms in total. The van der Waals surface area contributed by atoms with Crippen molar-refractivity contribution < 1.29 is 0 Å². The third kappa shape index (κ3) is 1.92. The van der Waals surface area contributed by atoms with E-state index in [1.807, 2.05) is 12.1 Å². The normalized spacial score (nSPS) is 12.5. The van der Waals surface area contributed by atoms with E-state index < -0.39 is 0 Å². The number of pyridine rings is 1. The molecule has 0 radical (unpaired) electrons. The van der Waals surface area contributed by atoms with Crippen LogP contribution in [0.5, 0.6) is 0 Å². The standard InChI is InChI=1S/C10H14N2/c1-3-9-7-8(5-6-12-9)10(11)4-2/h3,5-7,10H,1,4,11H2,2H3. The number of hydrogen-bond donors (Lipinski definition) is 1. The van der Waals surface area contributed by atoms with E-state index >= 15 is 0 Å². The highest BCUT2D eigenvalue weighted by atomic mass is 14.7. The molecular formula is C10H14N2. The zero-order valence-corrected chi connectivity index (χ0v) is 7.33. The fourth-order valence-electron chi connectivity index (χ4n) is 1.04. The molecule has 1 heterocycles. The van der Waals surface area contributed by atoms with Crippen molar-refractivity contribution in [3.05, 3.63) is 36.2 Å². The molecule has 0 saturated carbocycles. The molecule has 0 spiro atoms. The van der Waals surface area contributed by atoms with E-state index in [4.69, 9.17) is 5.73 Å². The van der Waals surface area contributed by atoms with Crippen molar-refractivity contribution in [2.45, 2.75) is 19.4 Å². The molecule has 0 aliphatic heterocycles. The predicted molar refractivity (Wildman–Crippen MR) is 51.5 cm³/mol. The molecule has 1 aromatic heterocycles. The maximum absolute atomic E-state index is 5.86. The lowest BCUT2D eigenvalue weighted by atomic mass is 10.1. The molecule has 0 saturated heterocycles. The highest BCUT2D eigenvalue weighted by Crippen LogP contribution is 2.13. The molecule has 0 bridgehead atoms. The minimum atomic E-state index is 0.117. The van der Waals surface area contributed by atoms with E-state index in [1.165, 1.54) is 0 Å². The van der Waals surface area contributed by atoms with E-state index in [2.05, 4.69) is 18.5 Å². The Morgan fingerprint density at radius 1 is 1.75 bits per heavy atom. The van der Waals surface area contributed by atoms with Gasteiger partial charge in [-0.1, -0.05) is 13.5 Å². The van der Waals surface area contributed by atoms with Gasteiger partial charge in [0.15, 0.2) is 0 Å². The Morgan fingerprint density at radius 2 is 2.50 bits per heavy atom. The van der Waals surface area contributed by atoms with Gasteiger partial charge in [-0.3, -0.25) is 4.98 Å². The summed E-state index contributed by atoms with van der Waals surface area (Å²) in [4.78, 5) is 4.10. The molecule has 0 amide bonds. The molecule has 1 unspecified atom stereocenters. The van der Waals surface area contributed by atoms with Crippen LogP contribution >= 0.6 is 0 Å². The smallest absolute Gasteiger partial charge is 0.0627 e. The average Bonchev–Trinajstić information content (AvgIpc) is 2.17. The SMILES string of the molecule is C=Cc1cc(C(N)CC)ccn1. The molecule has 2 heteroatoms. The van der Waals surface area contributed by atoms with Crippen molar-refractivity contribution in [1.82, 2.24) is 4.98 Å². The number of nitrogens with two attached hydrogens (primary N) is 1. The average molecular weight is 162 g/mol. The van der Waals surface area contributed by atoms with Gasteiger partial charge in [0, 0.05) is 12.2 Å². The summed E-state index contributed by atoms with van der Waals surface area (Å²) in [5.41, 5.74) is 7.87. The van der Waals surface area contributed by atoms with Crippen LogP contribution in [0, 0.1) is 0 Å². The zero-order valence-electron chi connectivity index (χ0n) is 7.33. The maximum Gasteiger partial charge on any atom is 0.0627 e. The molecule has 0 aliphatic carbocycles. The van der Waals surface area contributed by atoms with Crippen LogP contribution in [0.2, 0.25) is 0 Å². The molecule has 2 N–H and O–H groups in total. The first-order valence-electron chi connectivity index (χ1n) is 4.12. The second-order valence-electron chi connectivity index (χ2n) is 2.73.